The Balaban J connectivity index is 2.75. The molecule has 1 unspecified atom stereocenters. The lowest BCUT2D eigenvalue weighted by Gasteiger charge is -2.02. The van der Waals surface area contributed by atoms with Gasteiger partial charge in [0.25, 0.3) is 0 Å². The Morgan fingerprint density at radius 3 is 2.38 bits per heavy atom. The Labute approximate surface area is 76.0 Å². The van der Waals surface area contributed by atoms with Gasteiger partial charge in [0.15, 0.2) is 0 Å². The van der Waals surface area contributed by atoms with Crippen LogP contribution in [0.2, 0.25) is 0 Å². The number of aromatic carboxylic acids is 1. The molecular weight excluding hydrogens is 171 g/mol. The molecule has 0 spiro atoms. The molecule has 0 aliphatic rings. The molecule has 0 fully saturated rings. The molecule has 2 nitrogen and oxygen atoms in total. The number of rotatable bonds is 3. The number of hydrogen-bond acceptors (Lipinski definition) is 1. The van der Waals surface area contributed by atoms with Gasteiger partial charge in [-0.2, -0.15) is 0 Å². The lowest BCUT2D eigenvalue weighted by Crippen LogP contribution is -2.00. The van der Waals surface area contributed by atoms with E-state index in [4.69, 9.17) is 5.11 Å². The number of carboxylic acid groups (broad SMARTS) is 1. The third kappa shape index (κ3) is 2.86. The van der Waals surface area contributed by atoms with Gasteiger partial charge >= 0.3 is 5.97 Å². The van der Waals surface area contributed by atoms with E-state index >= 15 is 0 Å². The van der Waals surface area contributed by atoms with E-state index in [1.165, 1.54) is 19.1 Å². The maximum absolute atomic E-state index is 12.5. The average Bonchev–Trinajstić information content (AvgIpc) is 2.04. The Morgan fingerprint density at radius 1 is 1.46 bits per heavy atom. The van der Waals surface area contributed by atoms with Gasteiger partial charge in [-0.05, 0) is 24.6 Å². The van der Waals surface area contributed by atoms with E-state index in [1.54, 1.807) is 12.1 Å². The summed E-state index contributed by atoms with van der Waals surface area (Å²) in [6.45, 7) is 1.48. The normalized spacial score (nSPS) is 12.5. The maximum atomic E-state index is 12.5. The minimum Gasteiger partial charge on any atom is -0.478 e. The van der Waals surface area contributed by atoms with E-state index < -0.39 is 12.1 Å². The summed E-state index contributed by atoms with van der Waals surface area (Å²) >= 11 is 0. The molecule has 0 amide bonds. The summed E-state index contributed by atoms with van der Waals surface area (Å²) < 4.78 is 12.5. The van der Waals surface area contributed by atoms with Crippen molar-refractivity contribution in [3.05, 3.63) is 35.4 Å². The minimum atomic E-state index is -0.958. The molecule has 0 saturated carbocycles. The zero-order valence-electron chi connectivity index (χ0n) is 7.33. The van der Waals surface area contributed by atoms with Crippen molar-refractivity contribution in [3.63, 3.8) is 0 Å². The molecule has 1 aromatic rings. The van der Waals surface area contributed by atoms with Crippen molar-refractivity contribution in [1.29, 1.82) is 0 Å². The number of carboxylic acids is 1. The predicted molar refractivity (Wildman–Crippen MR) is 47.7 cm³/mol. The molecule has 1 rings (SSSR count). The fraction of sp³-hybridized carbons (Fsp3) is 0.300. The van der Waals surface area contributed by atoms with Crippen LogP contribution in [0.25, 0.3) is 0 Å². The molecule has 0 aliphatic carbocycles. The minimum absolute atomic E-state index is 0.232. The van der Waals surface area contributed by atoms with E-state index in [9.17, 15) is 9.18 Å². The van der Waals surface area contributed by atoms with E-state index in [0.717, 1.165) is 5.56 Å². The van der Waals surface area contributed by atoms with Crippen LogP contribution in [0.15, 0.2) is 24.3 Å². The second-order valence-electron chi connectivity index (χ2n) is 2.99. The third-order valence-electron chi connectivity index (χ3n) is 1.72. The molecule has 0 aromatic heterocycles. The second-order valence-corrected chi connectivity index (χ2v) is 2.99. The van der Waals surface area contributed by atoms with Gasteiger partial charge < -0.3 is 5.11 Å². The van der Waals surface area contributed by atoms with Gasteiger partial charge in [-0.25, -0.2) is 9.18 Å². The van der Waals surface area contributed by atoms with Crippen molar-refractivity contribution in [2.24, 2.45) is 0 Å². The van der Waals surface area contributed by atoms with E-state index in [-0.39, 0.29) is 5.56 Å². The monoisotopic (exact) mass is 182 g/mol. The first-order valence-corrected chi connectivity index (χ1v) is 4.06. The first kappa shape index (κ1) is 9.71. The number of benzene rings is 1. The Hall–Kier alpha value is -1.38. The van der Waals surface area contributed by atoms with Gasteiger partial charge in [-0.1, -0.05) is 12.1 Å². The molecule has 70 valence electrons. The predicted octanol–water partition coefficient (Wildman–Crippen LogP) is 2.29. The summed E-state index contributed by atoms with van der Waals surface area (Å²) in [6, 6.07) is 6.25. The first-order chi connectivity index (χ1) is 6.09. The topological polar surface area (TPSA) is 37.3 Å². The molecule has 13 heavy (non-hydrogen) atoms. The Bertz CT molecular complexity index is 290. The van der Waals surface area contributed by atoms with Crippen LogP contribution in [0.5, 0.6) is 0 Å². The molecule has 0 radical (unpaired) electrons. The smallest absolute Gasteiger partial charge is 0.335 e. The van der Waals surface area contributed by atoms with Crippen LogP contribution in [0.3, 0.4) is 0 Å². The van der Waals surface area contributed by atoms with E-state index in [1.807, 2.05) is 0 Å². The quantitative estimate of drug-likeness (QED) is 0.778. The summed E-state index contributed by atoms with van der Waals surface area (Å²) in [7, 11) is 0. The van der Waals surface area contributed by atoms with Crippen LogP contribution in [0.4, 0.5) is 4.39 Å². The molecule has 1 atom stereocenters. The molecular formula is C10H11FO2. The number of carbonyl (C=O) groups is 1. The van der Waals surface area contributed by atoms with Gasteiger partial charge in [0.1, 0.15) is 6.17 Å². The first-order valence-electron chi connectivity index (χ1n) is 4.06. The van der Waals surface area contributed by atoms with Crippen LogP contribution < -0.4 is 0 Å². The highest BCUT2D eigenvalue weighted by Crippen LogP contribution is 2.08. The zero-order valence-corrected chi connectivity index (χ0v) is 7.33. The van der Waals surface area contributed by atoms with Crippen molar-refractivity contribution in [2.45, 2.75) is 19.5 Å². The van der Waals surface area contributed by atoms with Crippen LogP contribution in [-0.4, -0.2) is 17.2 Å². The van der Waals surface area contributed by atoms with Crippen molar-refractivity contribution in [3.8, 4) is 0 Å². The van der Waals surface area contributed by atoms with Crippen LogP contribution in [-0.2, 0) is 6.42 Å². The van der Waals surface area contributed by atoms with Crippen molar-refractivity contribution in [2.75, 3.05) is 0 Å². The summed E-state index contributed by atoms with van der Waals surface area (Å²) in [5.41, 5.74) is 1.05. The Kier molecular flexibility index (Phi) is 3.01. The van der Waals surface area contributed by atoms with Gasteiger partial charge in [-0.15, -0.1) is 0 Å². The summed E-state index contributed by atoms with van der Waals surface area (Å²) in [5, 5.41) is 8.58. The fourth-order valence-corrected chi connectivity index (χ4v) is 1.11. The van der Waals surface area contributed by atoms with Crippen LogP contribution in [0.1, 0.15) is 22.8 Å². The lowest BCUT2D eigenvalue weighted by molar-refractivity contribution is 0.0697. The highest BCUT2D eigenvalue weighted by atomic mass is 19.1. The average molecular weight is 182 g/mol. The van der Waals surface area contributed by atoms with Gasteiger partial charge in [0.05, 0.1) is 5.56 Å². The van der Waals surface area contributed by atoms with E-state index in [2.05, 4.69) is 0 Å². The second kappa shape index (κ2) is 4.03. The molecule has 0 aliphatic heterocycles. The standard InChI is InChI=1S/C10H11FO2/c1-7(11)6-8-2-4-9(5-3-8)10(12)13/h2-5,7H,6H2,1H3,(H,12,13). The summed E-state index contributed by atoms with van der Waals surface area (Å²) in [5.74, 6) is -0.958. The van der Waals surface area contributed by atoms with Gasteiger partial charge in [0, 0.05) is 6.42 Å². The SMILES string of the molecule is CC(F)Cc1ccc(C(=O)O)cc1. The van der Waals surface area contributed by atoms with Crippen molar-refractivity contribution >= 4 is 5.97 Å². The lowest BCUT2D eigenvalue weighted by atomic mass is 10.1. The summed E-state index contributed by atoms with van der Waals surface area (Å²) in [6.07, 6.45) is -0.560. The number of halogens is 1. The van der Waals surface area contributed by atoms with E-state index in [0.29, 0.717) is 6.42 Å². The highest BCUT2D eigenvalue weighted by Gasteiger charge is 2.03. The van der Waals surface area contributed by atoms with Gasteiger partial charge in [0.2, 0.25) is 0 Å². The highest BCUT2D eigenvalue weighted by molar-refractivity contribution is 5.87. The zero-order chi connectivity index (χ0) is 9.84. The molecule has 0 bridgehead atoms. The van der Waals surface area contributed by atoms with Crippen LogP contribution >= 0.6 is 0 Å². The molecule has 0 heterocycles. The maximum Gasteiger partial charge on any atom is 0.335 e. The number of hydrogen-bond donors (Lipinski definition) is 1. The van der Waals surface area contributed by atoms with Gasteiger partial charge in [-0.3, -0.25) is 0 Å². The molecule has 3 heteroatoms. The summed E-state index contributed by atoms with van der Waals surface area (Å²) in [4.78, 5) is 10.5. The fourth-order valence-electron chi connectivity index (χ4n) is 1.11. The Morgan fingerprint density at radius 2 is 2.00 bits per heavy atom. The van der Waals surface area contributed by atoms with Crippen molar-refractivity contribution < 1.29 is 14.3 Å². The largest absolute Gasteiger partial charge is 0.478 e. The third-order valence-corrected chi connectivity index (χ3v) is 1.72. The van der Waals surface area contributed by atoms with Crippen LogP contribution in [0, 0.1) is 0 Å². The molecule has 1 aromatic carbocycles. The van der Waals surface area contributed by atoms with Crippen molar-refractivity contribution in [1.82, 2.24) is 0 Å². The molecule has 1 N–H and O–H groups in total. The number of alkyl halides is 1. The molecule has 0 saturated heterocycles.